The number of aromatic nitrogens is 2. The normalized spacial score (nSPS) is 19.7. The van der Waals surface area contributed by atoms with Crippen molar-refractivity contribution in [1.29, 1.82) is 0 Å². The van der Waals surface area contributed by atoms with Crippen LogP contribution in [-0.2, 0) is 4.74 Å². The molecule has 3 rings (SSSR count). The van der Waals surface area contributed by atoms with Crippen LogP contribution in [0.25, 0.3) is 0 Å². The number of hydrogen-bond donors (Lipinski definition) is 0. The fourth-order valence-corrected chi connectivity index (χ4v) is 3.07. The van der Waals surface area contributed by atoms with E-state index in [9.17, 15) is 0 Å². The Hall–Kier alpha value is -1.46. The van der Waals surface area contributed by atoms with Crippen LogP contribution in [0.5, 0.6) is 0 Å². The average Bonchev–Trinajstić information content (AvgIpc) is 2.86. The molecule has 1 aliphatic rings. The van der Waals surface area contributed by atoms with Crippen LogP contribution in [0.3, 0.4) is 0 Å². The lowest BCUT2D eigenvalue weighted by Crippen LogP contribution is -2.38. The molecule has 0 amide bonds. The molecule has 1 atom stereocenters. The fourth-order valence-electron chi connectivity index (χ4n) is 2.23. The summed E-state index contributed by atoms with van der Waals surface area (Å²) in [4.78, 5) is 11.4. The monoisotopic (exact) mass is 275 g/mol. The van der Waals surface area contributed by atoms with Crippen LogP contribution in [0.1, 0.15) is 22.5 Å². The first-order valence-corrected chi connectivity index (χ1v) is 7.32. The third-order valence-electron chi connectivity index (χ3n) is 3.18. The van der Waals surface area contributed by atoms with Crippen molar-refractivity contribution in [2.75, 3.05) is 24.6 Å². The van der Waals surface area contributed by atoms with Crippen LogP contribution < -0.4 is 4.90 Å². The summed E-state index contributed by atoms with van der Waals surface area (Å²) < 4.78 is 5.84. The summed E-state index contributed by atoms with van der Waals surface area (Å²) in [5.41, 5.74) is 2.11. The Balaban J connectivity index is 1.78. The molecule has 0 aliphatic carbocycles. The minimum atomic E-state index is 0.0646. The smallest absolute Gasteiger partial charge is 0.128 e. The lowest BCUT2D eigenvalue weighted by molar-refractivity contribution is 0.0393. The number of hydrogen-bond acceptors (Lipinski definition) is 5. The molecule has 1 unspecified atom stereocenters. The van der Waals surface area contributed by atoms with E-state index in [0.29, 0.717) is 0 Å². The van der Waals surface area contributed by atoms with Crippen molar-refractivity contribution in [2.24, 2.45) is 0 Å². The number of morpholine rings is 1. The lowest BCUT2D eigenvalue weighted by atomic mass is 10.2. The van der Waals surface area contributed by atoms with Crippen LogP contribution in [-0.4, -0.2) is 29.7 Å². The Morgan fingerprint density at radius 2 is 2.16 bits per heavy atom. The highest BCUT2D eigenvalue weighted by Crippen LogP contribution is 2.27. The molecule has 19 heavy (non-hydrogen) atoms. The number of anilines is 1. The first kappa shape index (κ1) is 12.6. The molecule has 0 N–H and O–H groups in total. The number of nitrogens with zero attached hydrogens (tertiary/aromatic N) is 3. The van der Waals surface area contributed by atoms with Crippen molar-refractivity contribution < 1.29 is 4.74 Å². The van der Waals surface area contributed by atoms with E-state index in [-0.39, 0.29) is 6.10 Å². The molecule has 1 saturated heterocycles. The summed E-state index contributed by atoms with van der Waals surface area (Å²) in [5.74, 6) is 1.03. The minimum absolute atomic E-state index is 0.0646. The number of rotatable bonds is 2. The molecule has 100 valence electrons. The second-order valence-electron chi connectivity index (χ2n) is 4.77. The van der Waals surface area contributed by atoms with E-state index in [4.69, 9.17) is 4.74 Å². The Labute approximate surface area is 117 Å². The van der Waals surface area contributed by atoms with E-state index in [1.807, 2.05) is 19.9 Å². The topological polar surface area (TPSA) is 38.2 Å². The maximum atomic E-state index is 5.84. The van der Waals surface area contributed by atoms with Gasteiger partial charge in [-0.2, -0.15) is 0 Å². The van der Waals surface area contributed by atoms with Crippen molar-refractivity contribution in [3.8, 4) is 0 Å². The summed E-state index contributed by atoms with van der Waals surface area (Å²) in [7, 11) is 0. The second-order valence-corrected chi connectivity index (χ2v) is 5.66. The number of pyridine rings is 1. The van der Waals surface area contributed by atoms with Gasteiger partial charge in [-0.15, -0.1) is 11.3 Å². The van der Waals surface area contributed by atoms with E-state index in [1.54, 1.807) is 11.3 Å². The molecular formula is C14H17N3OS. The van der Waals surface area contributed by atoms with Gasteiger partial charge in [-0.05, 0) is 26.0 Å². The molecule has 0 spiro atoms. The van der Waals surface area contributed by atoms with Gasteiger partial charge < -0.3 is 9.64 Å². The zero-order valence-corrected chi connectivity index (χ0v) is 12.0. The van der Waals surface area contributed by atoms with Crippen LogP contribution in [0, 0.1) is 13.8 Å². The summed E-state index contributed by atoms with van der Waals surface area (Å²) in [6.07, 6.45) is 0.0646. The van der Waals surface area contributed by atoms with Crippen LogP contribution in [0.4, 0.5) is 5.82 Å². The molecule has 0 radical (unpaired) electrons. The Morgan fingerprint density at radius 3 is 2.89 bits per heavy atom. The highest BCUT2D eigenvalue weighted by Gasteiger charge is 2.25. The summed E-state index contributed by atoms with van der Waals surface area (Å²) in [5, 5.41) is 3.14. The lowest BCUT2D eigenvalue weighted by Gasteiger charge is -2.32. The van der Waals surface area contributed by atoms with Crippen LogP contribution >= 0.6 is 11.3 Å². The van der Waals surface area contributed by atoms with Gasteiger partial charge >= 0.3 is 0 Å². The van der Waals surface area contributed by atoms with Gasteiger partial charge in [-0.25, -0.2) is 9.97 Å². The third kappa shape index (κ3) is 2.77. The minimum Gasteiger partial charge on any atom is -0.367 e. The zero-order chi connectivity index (χ0) is 13.2. The fraction of sp³-hybridized carbons (Fsp3) is 0.429. The van der Waals surface area contributed by atoms with Crippen molar-refractivity contribution in [3.63, 3.8) is 0 Å². The van der Waals surface area contributed by atoms with Gasteiger partial charge in [0.1, 0.15) is 16.9 Å². The first-order valence-electron chi connectivity index (χ1n) is 6.44. The molecule has 2 aromatic rings. The van der Waals surface area contributed by atoms with Gasteiger partial charge in [0.2, 0.25) is 0 Å². The van der Waals surface area contributed by atoms with Crippen LogP contribution in [0.15, 0.2) is 23.6 Å². The van der Waals surface area contributed by atoms with E-state index in [1.165, 1.54) is 0 Å². The molecule has 0 aromatic carbocycles. The molecule has 0 bridgehead atoms. The zero-order valence-electron chi connectivity index (χ0n) is 11.2. The van der Waals surface area contributed by atoms with E-state index >= 15 is 0 Å². The quantitative estimate of drug-likeness (QED) is 0.844. The molecule has 5 heteroatoms. The predicted molar refractivity (Wildman–Crippen MR) is 76.7 cm³/mol. The largest absolute Gasteiger partial charge is 0.367 e. The van der Waals surface area contributed by atoms with Crippen molar-refractivity contribution in [1.82, 2.24) is 9.97 Å². The Morgan fingerprint density at radius 1 is 1.26 bits per heavy atom. The van der Waals surface area contributed by atoms with E-state index in [0.717, 1.165) is 41.9 Å². The average molecular weight is 275 g/mol. The molecule has 1 aliphatic heterocycles. The molecule has 0 saturated carbocycles. The molecule has 2 aromatic heterocycles. The predicted octanol–water partition coefficient (Wildman–Crippen LogP) is 2.73. The van der Waals surface area contributed by atoms with Gasteiger partial charge in [0.25, 0.3) is 0 Å². The maximum Gasteiger partial charge on any atom is 0.128 e. The van der Waals surface area contributed by atoms with Crippen molar-refractivity contribution in [3.05, 3.63) is 40.0 Å². The summed E-state index contributed by atoms with van der Waals surface area (Å²) in [6, 6.07) is 6.13. The summed E-state index contributed by atoms with van der Waals surface area (Å²) in [6.45, 7) is 6.47. The SMILES string of the molecule is Cc1cccc(N2CCOC(c3nc(C)cs3)C2)n1. The first-order chi connectivity index (χ1) is 9.22. The van der Waals surface area contributed by atoms with Gasteiger partial charge in [0, 0.05) is 23.3 Å². The van der Waals surface area contributed by atoms with E-state index in [2.05, 4.69) is 32.4 Å². The highest BCUT2D eigenvalue weighted by molar-refractivity contribution is 7.09. The molecule has 4 nitrogen and oxygen atoms in total. The van der Waals surface area contributed by atoms with Crippen molar-refractivity contribution >= 4 is 17.2 Å². The van der Waals surface area contributed by atoms with Gasteiger partial charge in [0.15, 0.2) is 0 Å². The maximum absolute atomic E-state index is 5.84. The molecule has 1 fully saturated rings. The molecule has 3 heterocycles. The van der Waals surface area contributed by atoms with Crippen LogP contribution in [0.2, 0.25) is 0 Å². The summed E-state index contributed by atoms with van der Waals surface area (Å²) >= 11 is 1.67. The van der Waals surface area contributed by atoms with E-state index < -0.39 is 0 Å². The van der Waals surface area contributed by atoms with Crippen molar-refractivity contribution in [2.45, 2.75) is 20.0 Å². The Kier molecular flexibility index (Phi) is 3.48. The standard InChI is InChI=1S/C14H17N3OS/c1-10-4-3-5-13(15-10)17-6-7-18-12(8-17)14-16-11(2)9-19-14/h3-5,9,12H,6-8H2,1-2H3. The number of ether oxygens (including phenoxy) is 1. The van der Waals surface area contributed by atoms with Gasteiger partial charge in [-0.1, -0.05) is 6.07 Å². The third-order valence-corrected chi connectivity index (χ3v) is 4.23. The number of aryl methyl sites for hydroxylation is 2. The second kappa shape index (κ2) is 5.27. The number of thiazole rings is 1. The van der Waals surface area contributed by atoms with Gasteiger partial charge in [-0.3, -0.25) is 0 Å². The molecular weight excluding hydrogens is 258 g/mol. The highest BCUT2D eigenvalue weighted by atomic mass is 32.1. The van der Waals surface area contributed by atoms with Gasteiger partial charge in [0.05, 0.1) is 13.2 Å². The Bertz CT molecular complexity index is 569.